The largest absolute Gasteiger partial charge is 0.504 e. The molecule has 0 saturated carbocycles. The minimum absolute atomic E-state index is 0.0578. The fraction of sp³-hybridized carbons (Fsp3) is 0.219. The van der Waals surface area contributed by atoms with Gasteiger partial charge in [-0.2, -0.15) is 0 Å². The smallest absolute Gasteiger partial charge is 0.275 e. The Hall–Kier alpha value is -5.05. The molecule has 0 saturated heterocycles. The third kappa shape index (κ3) is 3.80. The number of phenols is 2. The van der Waals surface area contributed by atoms with Crippen LogP contribution in [-0.4, -0.2) is 47.8 Å². The minimum atomic E-state index is -0.209. The molecule has 0 aliphatic carbocycles. The van der Waals surface area contributed by atoms with Crippen LogP contribution in [0.15, 0.2) is 59.9 Å². The van der Waals surface area contributed by atoms with Gasteiger partial charge in [0.25, 0.3) is 5.56 Å². The Labute approximate surface area is 236 Å². The number of benzene rings is 3. The Morgan fingerprint density at radius 1 is 0.878 bits per heavy atom. The zero-order valence-electron chi connectivity index (χ0n) is 23.3. The van der Waals surface area contributed by atoms with E-state index >= 15 is 0 Å². The van der Waals surface area contributed by atoms with Gasteiger partial charge in [0.15, 0.2) is 34.5 Å². The SMILES string of the molecule is C=CCn1c(=O)c2c(c(-c3ccc(OC)c(OC)c3)c3n2CCc2cc(O)c(OC)cc2-3)c2cc(OC)c(O)cc21. The second-order valence-corrected chi connectivity index (χ2v) is 9.85. The highest BCUT2D eigenvalue weighted by atomic mass is 16.5. The summed E-state index contributed by atoms with van der Waals surface area (Å²) in [7, 11) is 6.16. The van der Waals surface area contributed by atoms with E-state index in [-0.39, 0.29) is 29.4 Å². The van der Waals surface area contributed by atoms with Gasteiger partial charge in [-0.1, -0.05) is 12.1 Å². The molecule has 1 aliphatic rings. The van der Waals surface area contributed by atoms with Gasteiger partial charge in [-0.05, 0) is 47.9 Å². The Bertz CT molecular complexity index is 1930. The molecule has 0 bridgehead atoms. The Morgan fingerprint density at radius 2 is 1.56 bits per heavy atom. The van der Waals surface area contributed by atoms with E-state index in [9.17, 15) is 15.0 Å². The number of aryl methyl sites for hydroxylation is 2. The van der Waals surface area contributed by atoms with Crippen LogP contribution in [0.4, 0.5) is 0 Å². The summed E-state index contributed by atoms with van der Waals surface area (Å²) in [5, 5.41) is 22.7. The van der Waals surface area contributed by atoms with Gasteiger partial charge in [0.1, 0.15) is 5.52 Å². The third-order valence-corrected chi connectivity index (χ3v) is 7.82. The number of aromatic hydroxyl groups is 2. The monoisotopic (exact) mass is 554 g/mol. The van der Waals surface area contributed by atoms with Crippen LogP contribution in [0, 0.1) is 0 Å². The molecule has 41 heavy (non-hydrogen) atoms. The first-order chi connectivity index (χ1) is 19.9. The standard InChI is InChI=1S/C32H30N2O7/c1-6-10-33-21-16-23(36)26(40-4)15-20(21)29-28(18-7-8-24(38-2)27(13-18)41-5)30-19-14-25(39-3)22(35)12-17(19)9-11-34(30)31(29)32(33)37/h6-8,12-16,35-36H,1,9-11H2,2-5H3. The average molecular weight is 555 g/mol. The molecule has 0 amide bonds. The molecule has 9 heteroatoms. The second kappa shape index (κ2) is 9.85. The number of ether oxygens (including phenoxy) is 4. The number of phenolic OH excluding ortho intramolecular Hbond substituents is 2. The molecular weight excluding hydrogens is 524 g/mol. The van der Waals surface area contributed by atoms with Crippen molar-refractivity contribution in [1.82, 2.24) is 9.13 Å². The van der Waals surface area contributed by atoms with Gasteiger partial charge in [0.2, 0.25) is 0 Å². The summed E-state index contributed by atoms with van der Waals surface area (Å²) in [6.07, 6.45) is 2.26. The lowest BCUT2D eigenvalue weighted by molar-refractivity contribution is 0.355. The Morgan fingerprint density at radius 3 is 2.24 bits per heavy atom. The molecule has 3 heterocycles. The van der Waals surface area contributed by atoms with Gasteiger partial charge < -0.3 is 38.3 Å². The number of nitrogens with zero attached hydrogens (tertiary/aromatic N) is 2. The molecule has 210 valence electrons. The van der Waals surface area contributed by atoms with Gasteiger partial charge in [-0.25, -0.2) is 0 Å². The van der Waals surface area contributed by atoms with Crippen LogP contribution in [0.5, 0.6) is 34.5 Å². The molecule has 0 radical (unpaired) electrons. The highest BCUT2D eigenvalue weighted by molar-refractivity contribution is 6.17. The maximum atomic E-state index is 14.3. The summed E-state index contributed by atoms with van der Waals surface area (Å²) in [5.74, 6) is 1.72. The predicted molar refractivity (Wildman–Crippen MR) is 158 cm³/mol. The van der Waals surface area contributed by atoms with Gasteiger partial charge in [-0.15, -0.1) is 6.58 Å². The molecule has 1 aliphatic heterocycles. The molecule has 2 N–H and O–H groups in total. The Balaban J connectivity index is 1.88. The van der Waals surface area contributed by atoms with E-state index < -0.39 is 0 Å². The molecule has 9 nitrogen and oxygen atoms in total. The quantitative estimate of drug-likeness (QED) is 0.257. The summed E-state index contributed by atoms with van der Waals surface area (Å²) in [4.78, 5) is 14.3. The maximum absolute atomic E-state index is 14.3. The number of rotatable bonds is 7. The second-order valence-electron chi connectivity index (χ2n) is 9.85. The number of hydrogen-bond acceptors (Lipinski definition) is 7. The topological polar surface area (TPSA) is 104 Å². The van der Waals surface area contributed by atoms with Crippen LogP contribution < -0.4 is 24.5 Å². The molecule has 0 unspecified atom stereocenters. The Kier molecular flexibility index (Phi) is 6.29. The van der Waals surface area contributed by atoms with Gasteiger partial charge in [0, 0.05) is 41.1 Å². The summed E-state index contributed by atoms with van der Waals surface area (Å²) < 4.78 is 25.8. The van der Waals surface area contributed by atoms with Gasteiger partial charge >= 0.3 is 0 Å². The number of hydrogen-bond donors (Lipinski definition) is 2. The van der Waals surface area contributed by atoms with Gasteiger partial charge in [-0.3, -0.25) is 4.79 Å². The van der Waals surface area contributed by atoms with Crippen LogP contribution in [0.25, 0.3) is 44.2 Å². The van der Waals surface area contributed by atoms with E-state index in [2.05, 4.69) is 6.58 Å². The number of pyridine rings is 1. The molecule has 5 aromatic rings. The number of aromatic nitrogens is 2. The molecular formula is C32H30N2O7. The van der Waals surface area contributed by atoms with Crippen molar-refractivity contribution in [2.24, 2.45) is 0 Å². The summed E-state index contributed by atoms with van der Waals surface area (Å²) in [6, 6.07) is 12.5. The molecule has 3 aromatic carbocycles. The van der Waals surface area contributed by atoms with Crippen molar-refractivity contribution < 1.29 is 29.2 Å². The lowest BCUT2D eigenvalue weighted by Crippen LogP contribution is -2.23. The molecule has 0 fully saturated rings. The number of allylic oxidation sites excluding steroid dienone is 1. The predicted octanol–water partition coefficient (Wildman–Crippen LogP) is 5.48. The molecule has 2 aromatic heterocycles. The van der Waals surface area contributed by atoms with Crippen LogP contribution in [0.2, 0.25) is 0 Å². The number of methoxy groups -OCH3 is 4. The van der Waals surface area contributed by atoms with Crippen molar-refractivity contribution in [3.63, 3.8) is 0 Å². The van der Waals surface area contributed by atoms with Crippen LogP contribution in [0.3, 0.4) is 0 Å². The normalized spacial score (nSPS) is 12.2. The highest BCUT2D eigenvalue weighted by Crippen LogP contribution is 2.49. The first kappa shape index (κ1) is 26.2. The zero-order valence-corrected chi connectivity index (χ0v) is 23.3. The molecule has 0 atom stereocenters. The van der Waals surface area contributed by atoms with Crippen molar-refractivity contribution in [2.45, 2.75) is 19.5 Å². The average Bonchev–Trinajstić information content (AvgIpc) is 3.34. The fourth-order valence-electron chi connectivity index (χ4n) is 6.01. The van der Waals surface area contributed by atoms with Crippen molar-refractivity contribution in [3.05, 3.63) is 71.0 Å². The van der Waals surface area contributed by atoms with Crippen molar-refractivity contribution in [1.29, 1.82) is 0 Å². The van der Waals surface area contributed by atoms with E-state index in [1.165, 1.54) is 14.2 Å². The van der Waals surface area contributed by atoms with Crippen LogP contribution in [0.1, 0.15) is 5.56 Å². The molecule has 6 rings (SSSR count). The maximum Gasteiger partial charge on any atom is 0.275 e. The van der Waals surface area contributed by atoms with Crippen molar-refractivity contribution >= 4 is 21.8 Å². The fourth-order valence-corrected chi connectivity index (χ4v) is 6.01. The van der Waals surface area contributed by atoms with Crippen LogP contribution >= 0.6 is 0 Å². The summed E-state index contributed by atoms with van der Waals surface area (Å²) in [5.41, 5.74) is 5.06. The van der Waals surface area contributed by atoms with E-state index in [0.717, 1.165) is 33.3 Å². The van der Waals surface area contributed by atoms with Crippen LogP contribution in [-0.2, 0) is 19.5 Å². The summed E-state index contributed by atoms with van der Waals surface area (Å²) >= 11 is 0. The molecule has 0 spiro atoms. The number of fused-ring (bicyclic) bond motifs is 7. The van der Waals surface area contributed by atoms with Crippen molar-refractivity contribution in [3.8, 4) is 56.9 Å². The minimum Gasteiger partial charge on any atom is -0.504 e. The van der Waals surface area contributed by atoms with E-state index in [4.69, 9.17) is 18.9 Å². The van der Waals surface area contributed by atoms with Crippen molar-refractivity contribution in [2.75, 3.05) is 28.4 Å². The van der Waals surface area contributed by atoms with E-state index in [1.54, 1.807) is 43.1 Å². The van der Waals surface area contributed by atoms with Gasteiger partial charge in [0.05, 0.1) is 39.6 Å². The lowest BCUT2D eigenvalue weighted by atomic mass is 9.91. The highest BCUT2D eigenvalue weighted by Gasteiger charge is 2.31. The first-order valence-electron chi connectivity index (χ1n) is 13.1. The third-order valence-electron chi connectivity index (χ3n) is 7.82. The first-order valence-corrected chi connectivity index (χ1v) is 13.1. The zero-order chi connectivity index (χ0) is 29.0. The van der Waals surface area contributed by atoms with E-state index in [0.29, 0.717) is 46.6 Å². The summed E-state index contributed by atoms with van der Waals surface area (Å²) in [6.45, 7) is 4.62. The lowest BCUT2D eigenvalue weighted by Gasteiger charge is -2.23. The van der Waals surface area contributed by atoms with E-state index in [1.807, 2.05) is 28.8 Å².